The lowest BCUT2D eigenvalue weighted by molar-refractivity contribution is 0.0700. The first-order valence-corrected chi connectivity index (χ1v) is 12.0. The van der Waals surface area contributed by atoms with Crippen molar-refractivity contribution in [2.75, 3.05) is 12.3 Å². The number of nitrogens with one attached hydrogen (secondary N) is 1. The second kappa shape index (κ2) is 11.0. The number of rotatable bonds is 8. The third kappa shape index (κ3) is 5.29. The van der Waals surface area contributed by atoms with Crippen molar-refractivity contribution in [3.63, 3.8) is 0 Å². The number of carbonyl (C=O) groups excluding carboxylic acids is 2. The van der Waals surface area contributed by atoms with Gasteiger partial charge in [-0.15, -0.1) is 5.10 Å². The van der Waals surface area contributed by atoms with Crippen LogP contribution in [0.1, 0.15) is 58.5 Å². The maximum absolute atomic E-state index is 13.1. The Kier molecular flexibility index (Phi) is 7.21. The molecule has 3 N–H and O–H groups in total. The highest BCUT2D eigenvalue weighted by atomic mass is 16.6. The van der Waals surface area contributed by atoms with Gasteiger partial charge in [0.05, 0.1) is 18.2 Å². The molecular formula is C24H25N9O5. The van der Waals surface area contributed by atoms with Gasteiger partial charge < -0.3 is 14.9 Å². The Morgan fingerprint density at radius 1 is 1.24 bits per heavy atom. The molecule has 1 amide bonds. The molecule has 5 rings (SSSR count). The highest BCUT2D eigenvalue weighted by molar-refractivity contribution is 5.95. The van der Waals surface area contributed by atoms with E-state index in [1.807, 2.05) is 0 Å². The minimum Gasteiger partial charge on any atom is -0.457 e. The standard InChI is InChI=1S/C24H25N9O5/c1-15-7-4-5-11-32(15)14-17-20(27-31-33(17)22-21(25)29-38-30-22)23(34)28-26-13-16-8-2-3-9-18(16)37-24(35)19-10-6-12-36-19/h2-3,6,8-10,12-13,15H,4-5,7,11,14H2,1H3,(H2,25,29)(H,28,34)/b26-13-. The number of esters is 1. The first-order chi connectivity index (χ1) is 18.5. The van der Waals surface area contributed by atoms with Gasteiger partial charge in [0.15, 0.2) is 5.69 Å². The smallest absolute Gasteiger partial charge is 0.379 e. The van der Waals surface area contributed by atoms with Gasteiger partial charge in [0.2, 0.25) is 17.4 Å². The topological polar surface area (TPSA) is 180 Å². The summed E-state index contributed by atoms with van der Waals surface area (Å²) in [5, 5.41) is 19.6. The zero-order valence-electron chi connectivity index (χ0n) is 20.5. The van der Waals surface area contributed by atoms with E-state index in [9.17, 15) is 9.59 Å². The number of hydrogen-bond acceptors (Lipinski definition) is 12. The molecule has 4 heterocycles. The van der Waals surface area contributed by atoms with Crippen LogP contribution >= 0.6 is 0 Å². The van der Waals surface area contributed by atoms with Gasteiger partial charge in [-0.3, -0.25) is 9.69 Å². The van der Waals surface area contributed by atoms with Crippen LogP contribution in [0.5, 0.6) is 5.75 Å². The number of furan rings is 1. The van der Waals surface area contributed by atoms with Crippen molar-refractivity contribution in [1.82, 2.24) is 35.6 Å². The lowest BCUT2D eigenvalue weighted by Gasteiger charge is -2.33. The van der Waals surface area contributed by atoms with E-state index in [1.165, 1.54) is 23.2 Å². The largest absolute Gasteiger partial charge is 0.457 e. The number of para-hydroxylation sites is 1. The minimum atomic E-state index is -0.658. The Bertz CT molecular complexity index is 1440. The van der Waals surface area contributed by atoms with Gasteiger partial charge in [0.25, 0.3) is 5.91 Å². The molecule has 1 atom stereocenters. The summed E-state index contributed by atoms with van der Waals surface area (Å²) in [7, 11) is 0. The molecule has 196 valence electrons. The van der Waals surface area contributed by atoms with Crippen LogP contribution in [0, 0.1) is 0 Å². The summed E-state index contributed by atoms with van der Waals surface area (Å²) in [4.78, 5) is 27.6. The molecule has 1 aliphatic heterocycles. The molecule has 1 fully saturated rings. The fourth-order valence-corrected chi connectivity index (χ4v) is 4.15. The molecule has 14 heteroatoms. The number of hydrogen-bond donors (Lipinski definition) is 2. The quantitative estimate of drug-likeness (QED) is 0.151. The van der Waals surface area contributed by atoms with Gasteiger partial charge in [-0.05, 0) is 60.9 Å². The molecule has 1 aliphatic rings. The number of ether oxygens (including phenoxy) is 1. The maximum atomic E-state index is 13.1. The number of amides is 1. The zero-order valence-corrected chi connectivity index (χ0v) is 20.5. The molecule has 0 bridgehead atoms. The number of nitrogens with two attached hydrogens (primary N) is 1. The monoisotopic (exact) mass is 519 g/mol. The lowest BCUT2D eigenvalue weighted by Crippen LogP contribution is -2.38. The second-order valence-corrected chi connectivity index (χ2v) is 8.69. The van der Waals surface area contributed by atoms with E-state index in [2.05, 4.69) is 43.0 Å². The van der Waals surface area contributed by atoms with Gasteiger partial charge in [-0.2, -0.15) is 9.78 Å². The van der Waals surface area contributed by atoms with Crippen molar-refractivity contribution in [2.45, 2.75) is 38.8 Å². The summed E-state index contributed by atoms with van der Waals surface area (Å²) >= 11 is 0. The lowest BCUT2D eigenvalue weighted by atomic mass is 10.0. The SMILES string of the molecule is CC1CCCCN1Cc1c(C(=O)N/N=C\c2ccccc2OC(=O)c2ccco2)nnn1-c1nonc1N. The number of piperidine rings is 1. The Hall–Kier alpha value is -4.85. The molecule has 4 aromatic rings. The molecule has 3 aromatic heterocycles. The van der Waals surface area contributed by atoms with Gasteiger partial charge in [0.1, 0.15) is 5.75 Å². The van der Waals surface area contributed by atoms with Crippen LogP contribution in [0.3, 0.4) is 0 Å². The van der Waals surface area contributed by atoms with E-state index in [-0.39, 0.29) is 28.8 Å². The summed E-state index contributed by atoms with van der Waals surface area (Å²) in [6.07, 6.45) is 5.98. The summed E-state index contributed by atoms with van der Waals surface area (Å²) in [5.41, 5.74) is 9.33. The average Bonchev–Trinajstić information content (AvgIpc) is 3.68. The van der Waals surface area contributed by atoms with Crippen molar-refractivity contribution in [3.05, 3.63) is 65.4 Å². The highest BCUT2D eigenvalue weighted by Gasteiger charge is 2.28. The molecule has 14 nitrogen and oxygen atoms in total. The molecular weight excluding hydrogens is 494 g/mol. The third-order valence-corrected chi connectivity index (χ3v) is 6.18. The van der Waals surface area contributed by atoms with Crippen LogP contribution in [0.2, 0.25) is 0 Å². The van der Waals surface area contributed by atoms with E-state index >= 15 is 0 Å². The molecule has 1 saturated heterocycles. The van der Waals surface area contributed by atoms with Crippen LogP contribution in [0.4, 0.5) is 5.82 Å². The normalized spacial score (nSPS) is 16.1. The molecule has 0 aliphatic carbocycles. The fourth-order valence-electron chi connectivity index (χ4n) is 4.15. The van der Waals surface area contributed by atoms with Crippen molar-refractivity contribution in [1.29, 1.82) is 0 Å². The maximum Gasteiger partial charge on any atom is 0.379 e. The van der Waals surface area contributed by atoms with Crippen molar-refractivity contribution in [2.24, 2.45) is 5.10 Å². The van der Waals surface area contributed by atoms with Gasteiger partial charge >= 0.3 is 5.97 Å². The molecule has 1 unspecified atom stereocenters. The first kappa shape index (κ1) is 24.8. The van der Waals surface area contributed by atoms with Gasteiger partial charge in [0, 0.05) is 18.2 Å². The predicted molar refractivity (Wildman–Crippen MR) is 133 cm³/mol. The van der Waals surface area contributed by atoms with E-state index in [0.29, 0.717) is 23.8 Å². The van der Waals surface area contributed by atoms with E-state index in [0.717, 1.165) is 25.8 Å². The highest BCUT2D eigenvalue weighted by Crippen LogP contribution is 2.23. The Morgan fingerprint density at radius 2 is 2.11 bits per heavy atom. The number of nitrogens with zero attached hydrogens (tertiary/aromatic N) is 7. The van der Waals surface area contributed by atoms with Crippen LogP contribution in [-0.2, 0) is 6.54 Å². The van der Waals surface area contributed by atoms with E-state index in [4.69, 9.17) is 19.5 Å². The Balaban J connectivity index is 1.35. The number of nitrogen functional groups attached to an aromatic ring is 1. The van der Waals surface area contributed by atoms with Crippen LogP contribution < -0.4 is 15.9 Å². The fraction of sp³-hybridized carbons (Fsp3) is 0.292. The van der Waals surface area contributed by atoms with Crippen LogP contribution in [0.25, 0.3) is 5.82 Å². The summed E-state index contributed by atoms with van der Waals surface area (Å²) in [5.74, 6) is -0.777. The number of carbonyl (C=O) groups is 2. The zero-order chi connectivity index (χ0) is 26.5. The van der Waals surface area contributed by atoms with Crippen LogP contribution in [0.15, 0.2) is 56.8 Å². The first-order valence-electron chi connectivity index (χ1n) is 12.0. The molecule has 0 radical (unpaired) electrons. The molecule has 1 aromatic carbocycles. The summed E-state index contributed by atoms with van der Waals surface area (Å²) in [6, 6.07) is 10.1. The molecule has 0 saturated carbocycles. The van der Waals surface area contributed by atoms with Crippen LogP contribution in [-0.4, -0.2) is 60.9 Å². The number of likely N-dealkylation sites (tertiary alicyclic amines) is 1. The van der Waals surface area contributed by atoms with Crippen molar-refractivity contribution in [3.8, 4) is 11.6 Å². The minimum absolute atomic E-state index is 0.0218. The van der Waals surface area contributed by atoms with Crippen molar-refractivity contribution >= 4 is 23.9 Å². The van der Waals surface area contributed by atoms with Gasteiger partial charge in [-0.25, -0.2) is 14.8 Å². The van der Waals surface area contributed by atoms with Crippen molar-refractivity contribution < 1.29 is 23.4 Å². The van der Waals surface area contributed by atoms with Gasteiger partial charge in [-0.1, -0.05) is 23.8 Å². The number of hydrazone groups is 1. The summed E-state index contributed by atoms with van der Waals surface area (Å²) in [6.45, 7) is 3.39. The average molecular weight is 520 g/mol. The molecule has 0 spiro atoms. The number of aromatic nitrogens is 5. The predicted octanol–water partition coefficient (Wildman–Crippen LogP) is 2.18. The third-order valence-electron chi connectivity index (χ3n) is 6.18. The molecule has 38 heavy (non-hydrogen) atoms. The van der Waals surface area contributed by atoms with E-state index in [1.54, 1.807) is 30.3 Å². The Labute approximate surface area is 216 Å². The summed E-state index contributed by atoms with van der Waals surface area (Å²) < 4.78 is 16.5. The van der Waals surface area contributed by atoms with E-state index < -0.39 is 11.9 Å². The number of benzene rings is 1. The number of anilines is 1. The second-order valence-electron chi connectivity index (χ2n) is 8.69. The Morgan fingerprint density at radius 3 is 2.87 bits per heavy atom.